The van der Waals surface area contributed by atoms with Gasteiger partial charge in [-0.15, -0.1) is 0 Å². The van der Waals surface area contributed by atoms with Crippen LogP contribution in [0.4, 0.5) is 4.39 Å². The third kappa shape index (κ3) is 4.05. The summed E-state index contributed by atoms with van der Waals surface area (Å²) in [4.78, 5) is 25.9. The molecule has 6 heteroatoms. The van der Waals surface area contributed by atoms with Gasteiger partial charge in [0.1, 0.15) is 5.82 Å². The van der Waals surface area contributed by atoms with E-state index in [1.165, 1.54) is 18.2 Å². The second-order valence-corrected chi connectivity index (χ2v) is 3.05. The Hall–Kier alpha value is -1.95. The molecule has 1 aromatic carbocycles. The highest BCUT2D eigenvalue weighted by Gasteiger charge is 2.07. The summed E-state index contributed by atoms with van der Waals surface area (Å²) in [6.45, 7) is -0.414. The van der Waals surface area contributed by atoms with Crippen LogP contribution in [0.25, 0.3) is 0 Å². The van der Waals surface area contributed by atoms with Gasteiger partial charge in [0.15, 0.2) is 6.61 Å². The van der Waals surface area contributed by atoms with Crippen molar-refractivity contribution in [2.45, 2.75) is 6.42 Å². The molecule has 0 aliphatic rings. The summed E-state index contributed by atoms with van der Waals surface area (Å²) in [5, 5.41) is 0. The van der Waals surface area contributed by atoms with Crippen molar-refractivity contribution in [1.29, 1.82) is 0 Å². The average molecular weight is 226 g/mol. The first-order valence-corrected chi connectivity index (χ1v) is 4.52. The van der Waals surface area contributed by atoms with Gasteiger partial charge in [0.2, 0.25) is 11.8 Å². The van der Waals surface area contributed by atoms with Gasteiger partial charge in [0, 0.05) is 0 Å². The minimum Gasteiger partial charge on any atom is -0.368 e. The van der Waals surface area contributed by atoms with Gasteiger partial charge in [0.25, 0.3) is 0 Å². The van der Waals surface area contributed by atoms with E-state index in [0.29, 0.717) is 0 Å². The van der Waals surface area contributed by atoms with E-state index in [9.17, 15) is 14.0 Å². The number of rotatable bonds is 5. The predicted molar refractivity (Wildman–Crippen MR) is 53.4 cm³/mol. The fourth-order valence-corrected chi connectivity index (χ4v) is 1.04. The van der Waals surface area contributed by atoms with E-state index in [4.69, 9.17) is 5.73 Å². The van der Waals surface area contributed by atoms with Crippen molar-refractivity contribution in [3.8, 4) is 0 Å². The molecule has 5 nitrogen and oxygen atoms in total. The topological polar surface area (TPSA) is 81.4 Å². The van der Waals surface area contributed by atoms with Crippen molar-refractivity contribution in [2.75, 3.05) is 6.61 Å². The Morgan fingerprint density at radius 3 is 2.69 bits per heavy atom. The smallest absolute Gasteiger partial charge is 0.248 e. The number of hydrogen-bond acceptors (Lipinski definition) is 3. The number of carbonyl (C=O) groups excluding carboxylic acids is 2. The van der Waals surface area contributed by atoms with Crippen molar-refractivity contribution < 1.29 is 18.8 Å². The zero-order valence-electron chi connectivity index (χ0n) is 8.40. The van der Waals surface area contributed by atoms with Gasteiger partial charge in [-0.3, -0.25) is 14.4 Å². The predicted octanol–water partition coefficient (Wildman–Crippen LogP) is -0.0987. The molecule has 0 saturated carbocycles. The van der Waals surface area contributed by atoms with Crippen molar-refractivity contribution >= 4 is 11.8 Å². The highest BCUT2D eigenvalue weighted by atomic mass is 19.1. The summed E-state index contributed by atoms with van der Waals surface area (Å²) in [6.07, 6.45) is -0.161. The van der Waals surface area contributed by atoms with Gasteiger partial charge in [-0.2, -0.15) is 0 Å². The number of benzene rings is 1. The molecule has 0 aromatic heterocycles. The quantitative estimate of drug-likeness (QED) is 0.688. The van der Waals surface area contributed by atoms with Crippen LogP contribution in [0.15, 0.2) is 24.3 Å². The Kier molecular flexibility index (Phi) is 4.41. The largest absolute Gasteiger partial charge is 0.368 e. The fourth-order valence-electron chi connectivity index (χ4n) is 1.04. The number of halogens is 1. The van der Waals surface area contributed by atoms with E-state index in [-0.39, 0.29) is 12.0 Å². The molecule has 1 rings (SSSR count). The van der Waals surface area contributed by atoms with Gasteiger partial charge in [0.05, 0.1) is 6.42 Å². The zero-order chi connectivity index (χ0) is 12.0. The van der Waals surface area contributed by atoms with Crippen LogP contribution in [0.1, 0.15) is 5.56 Å². The Morgan fingerprint density at radius 1 is 1.38 bits per heavy atom. The SMILES string of the molecule is NC(=O)CONC(=O)Cc1ccccc1F. The van der Waals surface area contributed by atoms with Crippen LogP contribution < -0.4 is 11.2 Å². The first-order valence-electron chi connectivity index (χ1n) is 4.52. The highest BCUT2D eigenvalue weighted by molar-refractivity contribution is 5.78. The van der Waals surface area contributed by atoms with E-state index in [2.05, 4.69) is 4.84 Å². The highest BCUT2D eigenvalue weighted by Crippen LogP contribution is 2.06. The van der Waals surface area contributed by atoms with Gasteiger partial charge in [-0.25, -0.2) is 9.87 Å². The van der Waals surface area contributed by atoms with Crippen LogP contribution in [0.5, 0.6) is 0 Å². The first-order chi connectivity index (χ1) is 7.59. The van der Waals surface area contributed by atoms with Gasteiger partial charge < -0.3 is 5.73 Å². The Labute approximate surface area is 91.3 Å². The Balaban J connectivity index is 2.40. The normalized spacial score (nSPS) is 9.81. The van der Waals surface area contributed by atoms with E-state index in [1.807, 2.05) is 5.48 Å². The summed E-state index contributed by atoms with van der Waals surface area (Å²) in [7, 11) is 0. The molecular formula is C10H11FN2O3. The van der Waals surface area contributed by atoms with Gasteiger partial charge >= 0.3 is 0 Å². The zero-order valence-corrected chi connectivity index (χ0v) is 8.40. The standard InChI is InChI=1S/C10H11FN2O3/c11-8-4-2-1-3-7(8)5-10(15)13-16-6-9(12)14/h1-4H,5-6H2,(H2,12,14)(H,13,15). The second-order valence-electron chi connectivity index (χ2n) is 3.05. The molecule has 2 amide bonds. The van der Waals surface area contributed by atoms with Crippen LogP contribution in [0, 0.1) is 5.82 Å². The lowest BCUT2D eigenvalue weighted by Gasteiger charge is -2.04. The maximum atomic E-state index is 13.1. The van der Waals surface area contributed by atoms with Crippen LogP contribution in [-0.4, -0.2) is 18.4 Å². The summed E-state index contributed by atoms with van der Waals surface area (Å²) in [5.74, 6) is -1.72. The molecule has 16 heavy (non-hydrogen) atoms. The number of amides is 2. The molecule has 0 radical (unpaired) electrons. The molecule has 1 aromatic rings. The minimum atomic E-state index is -0.703. The number of nitrogens with two attached hydrogens (primary N) is 1. The lowest BCUT2D eigenvalue weighted by molar-refractivity contribution is -0.137. The number of nitrogens with one attached hydrogen (secondary N) is 1. The number of hydrogen-bond donors (Lipinski definition) is 2. The molecule has 86 valence electrons. The Morgan fingerprint density at radius 2 is 2.06 bits per heavy atom. The van der Waals surface area contributed by atoms with Crippen LogP contribution in [0.3, 0.4) is 0 Å². The maximum absolute atomic E-state index is 13.1. The van der Waals surface area contributed by atoms with E-state index in [0.717, 1.165) is 0 Å². The third-order valence-electron chi connectivity index (χ3n) is 1.71. The number of hydroxylamine groups is 1. The molecule has 0 saturated heterocycles. The monoisotopic (exact) mass is 226 g/mol. The van der Waals surface area contributed by atoms with Crippen LogP contribution in [-0.2, 0) is 20.8 Å². The molecule has 0 bridgehead atoms. The maximum Gasteiger partial charge on any atom is 0.248 e. The molecule has 0 aliphatic carbocycles. The summed E-state index contributed by atoms with van der Waals surface area (Å²) >= 11 is 0. The average Bonchev–Trinajstić information content (AvgIpc) is 2.21. The van der Waals surface area contributed by atoms with E-state index in [1.54, 1.807) is 6.07 Å². The number of carbonyl (C=O) groups is 2. The molecular weight excluding hydrogens is 215 g/mol. The second kappa shape index (κ2) is 5.82. The van der Waals surface area contributed by atoms with E-state index < -0.39 is 24.2 Å². The molecule has 0 fully saturated rings. The summed E-state index contributed by atoms with van der Waals surface area (Å²) in [5.41, 5.74) is 7.02. The van der Waals surface area contributed by atoms with Crippen molar-refractivity contribution in [3.63, 3.8) is 0 Å². The molecule has 3 N–H and O–H groups in total. The molecule has 0 aliphatic heterocycles. The van der Waals surface area contributed by atoms with Crippen molar-refractivity contribution in [1.82, 2.24) is 5.48 Å². The lowest BCUT2D eigenvalue weighted by Crippen LogP contribution is -2.30. The van der Waals surface area contributed by atoms with Gasteiger partial charge in [-0.05, 0) is 11.6 Å². The lowest BCUT2D eigenvalue weighted by atomic mass is 10.1. The summed E-state index contributed by atoms with van der Waals surface area (Å²) in [6, 6.07) is 5.90. The van der Waals surface area contributed by atoms with E-state index >= 15 is 0 Å². The van der Waals surface area contributed by atoms with Gasteiger partial charge in [-0.1, -0.05) is 18.2 Å². The molecule has 0 spiro atoms. The van der Waals surface area contributed by atoms with Crippen molar-refractivity contribution in [2.24, 2.45) is 5.73 Å². The third-order valence-corrected chi connectivity index (χ3v) is 1.71. The van der Waals surface area contributed by atoms with Crippen LogP contribution >= 0.6 is 0 Å². The minimum absolute atomic E-state index is 0.161. The molecule has 0 atom stereocenters. The molecule has 0 unspecified atom stereocenters. The number of primary amides is 1. The summed E-state index contributed by atoms with van der Waals surface area (Å²) < 4.78 is 13.1. The van der Waals surface area contributed by atoms with Crippen LogP contribution in [0.2, 0.25) is 0 Å². The Bertz CT molecular complexity index is 395. The molecule has 0 heterocycles. The van der Waals surface area contributed by atoms with Crippen molar-refractivity contribution in [3.05, 3.63) is 35.6 Å². The first kappa shape index (κ1) is 12.1. The fraction of sp³-hybridized carbons (Fsp3) is 0.200.